The van der Waals surface area contributed by atoms with Crippen LogP contribution in [0.15, 0.2) is 12.1 Å². The Hall–Kier alpha value is -1.69. The minimum absolute atomic E-state index is 0.548. The molecule has 2 N–H and O–H groups in total. The Balaban J connectivity index is 2.60. The van der Waals surface area contributed by atoms with E-state index in [0.717, 1.165) is 30.8 Å². The summed E-state index contributed by atoms with van der Waals surface area (Å²) in [7, 11) is 0. The standard InChI is InChI=1S/C10H10N2O/c11-6-8-7-2-1-5-13-10(7)4-3-9(8)12/h3-4H,1-2,5,12H2. The zero-order chi connectivity index (χ0) is 9.26. The van der Waals surface area contributed by atoms with Crippen molar-refractivity contribution in [2.45, 2.75) is 12.8 Å². The third-order valence-electron chi connectivity index (χ3n) is 2.24. The number of nitriles is 1. The van der Waals surface area contributed by atoms with Crippen LogP contribution in [0.3, 0.4) is 0 Å². The normalized spacial score (nSPS) is 14.1. The molecule has 0 spiro atoms. The van der Waals surface area contributed by atoms with E-state index in [4.69, 9.17) is 15.7 Å². The highest BCUT2D eigenvalue weighted by Gasteiger charge is 2.15. The monoisotopic (exact) mass is 174 g/mol. The summed E-state index contributed by atoms with van der Waals surface area (Å²) in [5.41, 5.74) is 7.77. The van der Waals surface area contributed by atoms with Crippen molar-refractivity contribution in [1.29, 1.82) is 5.26 Å². The number of fused-ring (bicyclic) bond motifs is 1. The lowest BCUT2D eigenvalue weighted by molar-refractivity contribution is 0.288. The van der Waals surface area contributed by atoms with Gasteiger partial charge in [-0.05, 0) is 25.0 Å². The minimum Gasteiger partial charge on any atom is -0.493 e. The maximum atomic E-state index is 8.89. The lowest BCUT2D eigenvalue weighted by Gasteiger charge is -2.18. The molecule has 0 fully saturated rings. The zero-order valence-corrected chi connectivity index (χ0v) is 7.21. The first kappa shape index (κ1) is 7.93. The van der Waals surface area contributed by atoms with Crippen molar-refractivity contribution in [2.75, 3.05) is 12.3 Å². The van der Waals surface area contributed by atoms with Crippen molar-refractivity contribution in [3.05, 3.63) is 23.3 Å². The van der Waals surface area contributed by atoms with Gasteiger partial charge < -0.3 is 10.5 Å². The Bertz CT molecular complexity index is 379. The molecule has 0 atom stereocenters. The summed E-state index contributed by atoms with van der Waals surface area (Å²) in [5.74, 6) is 0.817. The van der Waals surface area contributed by atoms with Crippen molar-refractivity contribution >= 4 is 5.69 Å². The molecule has 1 aromatic rings. The second kappa shape index (κ2) is 2.98. The number of rotatable bonds is 0. The largest absolute Gasteiger partial charge is 0.493 e. The van der Waals surface area contributed by atoms with Gasteiger partial charge in [-0.2, -0.15) is 5.26 Å². The van der Waals surface area contributed by atoms with Crippen molar-refractivity contribution in [2.24, 2.45) is 0 Å². The Morgan fingerprint density at radius 1 is 1.46 bits per heavy atom. The van der Waals surface area contributed by atoms with Crippen molar-refractivity contribution in [3.63, 3.8) is 0 Å². The van der Waals surface area contributed by atoms with Gasteiger partial charge in [0.15, 0.2) is 0 Å². The molecule has 0 radical (unpaired) electrons. The van der Waals surface area contributed by atoms with Crippen LogP contribution in [-0.4, -0.2) is 6.61 Å². The number of hydrogen-bond acceptors (Lipinski definition) is 3. The van der Waals surface area contributed by atoms with Gasteiger partial charge in [-0.25, -0.2) is 0 Å². The van der Waals surface area contributed by atoms with Crippen LogP contribution in [0.2, 0.25) is 0 Å². The third-order valence-corrected chi connectivity index (χ3v) is 2.24. The number of nitrogen functional groups attached to an aromatic ring is 1. The number of nitrogens with two attached hydrogens (primary N) is 1. The first-order valence-electron chi connectivity index (χ1n) is 4.27. The van der Waals surface area contributed by atoms with E-state index < -0.39 is 0 Å². The van der Waals surface area contributed by atoms with Gasteiger partial charge in [0.05, 0.1) is 12.2 Å². The van der Waals surface area contributed by atoms with Crippen LogP contribution in [0.25, 0.3) is 0 Å². The van der Waals surface area contributed by atoms with Gasteiger partial charge in [0.2, 0.25) is 0 Å². The van der Waals surface area contributed by atoms with Crippen LogP contribution in [-0.2, 0) is 6.42 Å². The Morgan fingerprint density at radius 3 is 3.08 bits per heavy atom. The highest BCUT2D eigenvalue weighted by Crippen LogP contribution is 2.30. The van der Waals surface area contributed by atoms with Gasteiger partial charge in [-0.15, -0.1) is 0 Å². The molecule has 1 aliphatic heterocycles. The molecule has 2 rings (SSSR count). The first-order chi connectivity index (χ1) is 6.33. The fraction of sp³-hybridized carbons (Fsp3) is 0.300. The Labute approximate surface area is 76.7 Å². The van der Waals surface area contributed by atoms with Crippen LogP contribution in [0.4, 0.5) is 5.69 Å². The molecule has 0 aliphatic carbocycles. The van der Waals surface area contributed by atoms with E-state index in [0.29, 0.717) is 11.3 Å². The summed E-state index contributed by atoms with van der Waals surface area (Å²) in [6, 6.07) is 5.68. The highest BCUT2D eigenvalue weighted by molar-refractivity contribution is 5.62. The van der Waals surface area contributed by atoms with Gasteiger partial charge in [-0.3, -0.25) is 0 Å². The van der Waals surface area contributed by atoms with Crippen molar-refractivity contribution in [1.82, 2.24) is 0 Å². The maximum absolute atomic E-state index is 8.89. The van der Waals surface area contributed by atoms with Crippen molar-refractivity contribution < 1.29 is 4.74 Å². The van der Waals surface area contributed by atoms with Gasteiger partial charge in [0, 0.05) is 11.3 Å². The Kier molecular flexibility index (Phi) is 1.82. The summed E-state index contributed by atoms with van der Waals surface area (Å²) in [4.78, 5) is 0. The quantitative estimate of drug-likeness (QED) is 0.606. The number of benzene rings is 1. The minimum atomic E-state index is 0.548. The highest BCUT2D eigenvalue weighted by atomic mass is 16.5. The molecular formula is C10H10N2O. The average Bonchev–Trinajstić information content (AvgIpc) is 2.18. The Morgan fingerprint density at radius 2 is 2.31 bits per heavy atom. The summed E-state index contributed by atoms with van der Waals surface area (Å²) in [6.07, 6.45) is 1.86. The van der Waals surface area contributed by atoms with E-state index in [1.54, 1.807) is 6.07 Å². The molecule has 0 aromatic heterocycles. The molecule has 1 aliphatic rings. The molecular weight excluding hydrogens is 164 g/mol. The molecule has 3 heteroatoms. The lowest BCUT2D eigenvalue weighted by atomic mass is 9.99. The molecule has 0 saturated heterocycles. The fourth-order valence-electron chi connectivity index (χ4n) is 1.59. The van der Waals surface area contributed by atoms with Crippen LogP contribution in [0, 0.1) is 11.3 Å². The number of nitrogens with zero attached hydrogens (tertiary/aromatic N) is 1. The lowest BCUT2D eigenvalue weighted by Crippen LogP contribution is -2.10. The predicted molar refractivity (Wildman–Crippen MR) is 49.4 cm³/mol. The van der Waals surface area contributed by atoms with Gasteiger partial charge in [0.1, 0.15) is 11.8 Å². The van der Waals surface area contributed by atoms with E-state index in [-0.39, 0.29) is 0 Å². The molecule has 0 saturated carbocycles. The zero-order valence-electron chi connectivity index (χ0n) is 7.21. The van der Waals surface area contributed by atoms with Gasteiger partial charge in [0.25, 0.3) is 0 Å². The maximum Gasteiger partial charge on any atom is 0.123 e. The summed E-state index contributed by atoms with van der Waals surface area (Å²) in [5, 5.41) is 8.89. The number of anilines is 1. The first-order valence-corrected chi connectivity index (χ1v) is 4.27. The predicted octanol–water partition coefficient (Wildman–Crippen LogP) is 1.47. The molecule has 1 aromatic carbocycles. The molecule has 0 amide bonds. The molecule has 13 heavy (non-hydrogen) atoms. The number of ether oxygens (including phenoxy) is 1. The summed E-state index contributed by atoms with van der Waals surface area (Å²) in [6.45, 7) is 0.738. The van der Waals surface area contributed by atoms with E-state index >= 15 is 0 Å². The second-order valence-corrected chi connectivity index (χ2v) is 3.07. The van der Waals surface area contributed by atoms with Crippen LogP contribution >= 0.6 is 0 Å². The van der Waals surface area contributed by atoms with E-state index in [1.165, 1.54) is 0 Å². The van der Waals surface area contributed by atoms with E-state index in [9.17, 15) is 0 Å². The third kappa shape index (κ3) is 1.20. The fourth-order valence-corrected chi connectivity index (χ4v) is 1.59. The van der Waals surface area contributed by atoms with Crippen LogP contribution < -0.4 is 10.5 Å². The van der Waals surface area contributed by atoms with Crippen LogP contribution in [0.1, 0.15) is 17.5 Å². The summed E-state index contributed by atoms with van der Waals surface area (Å²) < 4.78 is 5.41. The van der Waals surface area contributed by atoms with E-state index in [1.807, 2.05) is 6.07 Å². The van der Waals surface area contributed by atoms with Crippen LogP contribution in [0.5, 0.6) is 5.75 Å². The second-order valence-electron chi connectivity index (χ2n) is 3.07. The molecule has 0 bridgehead atoms. The van der Waals surface area contributed by atoms with Gasteiger partial charge >= 0.3 is 0 Å². The van der Waals surface area contributed by atoms with Gasteiger partial charge in [-0.1, -0.05) is 0 Å². The SMILES string of the molecule is N#Cc1c(N)ccc2c1CCCO2. The average molecular weight is 174 g/mol. The molecule has 0 unspecified atom stereocenters. The molecule has 66 valence electrons. The molecule has 3 nitrogen and oxygen atoms in total. The van der Waals surface area contributed by atoms with Crippen molar-refractivity contribution in [3.8, 4) is 11.8 Å². The summed E-state index contributed by atoms with van der Waals surface area (Å²) >= 11 is 0. The molecule has 1 heterocycles. The number of hydrogen-bond donors (Lipinski definition) is 1. The smallest absolute Gasteiger partial charge is 0.123 e. The topological polar surface area (TPSA) is 59.0 Å². The van der Waals surface area contributed by atoms with E-state index in [2.05, 4.69) is 6.07 Å².